The largest absolute Gasteiger partial charge is 0.478 e. The van der Waals surface area contributed by atoms with Crippen LogP contribution < -0.4 is 5.32 Å². The van der Waals surface area contributed by atoms with Crippen LogP contribution in [-0.2, 0) is 4.79 Å². The van der Waals surface area contributed by atoms with E-state index in [-0.39, 0.29) is 5.57 Å². The standard InChI is InChI=1S/C15H17ClN2O2S/c1-3-8-21-15-17-9(2)12(14(19)20)13(18-15)10-6-4-5-7-11(10)16/h4-7,13H,3,8H2,1-2H3,(H,17,18)(H,19,20). The second-order valence-electron chi connectivity index (χ2n) is 4.68. The van der Waals surface area contributed by atoms with Crippen molar-refractivity contribution in [1.29, 1.82) is 0 Å². The lowest BCUT2D eigenvalue weighted by molar-refractivity contribution is -0.133. The van der Waals surface area contributed by atoms with Crippen molar-refractivity contribution in [2.75, 3.05) is 5.75 Å². The maximum Gasteiger partial charge on any atom is 0.335 e. The van der Waals surface area contributed by atoms with Crippen molar-refractivity contribution >= 4 is 34.5 Å². The van der Waals surface area contributed by atoms with E-state index in [9.17, 15) is 9.90 Å². The summed E-state index contributed by atoms with van der Waals surface area (Å²) >= 11 is 7.80. The molecular weight excluding hydrogens is 308 g/mol. The summed E-state index contributed by atoms with van der Waals surface area (Å²) in [5, 5.41) is 13.8. The van der Waals surface area contributed by atoms with Crippen LogP contribution in [0.2, 0.25) is 5.02 Å². The van der Waals surface area contributed by atoms with Crippen molar-refractivity contribution < 1.29 is 9.90 Å². The summed E-state index contributed by atoms with van der Waals surface area (Å²) in [6.45, 7) is 3.85. The third-order valence-electron chi connectivity index (χ3n) is 3.09. The Labute approximate surface area is 133 Å². The van der Waals surface area contributed by atoms with Gasteiger partial charge in [0.1, 0.15) is 6.04 Å². The first-order valence-corrected chi connectivity index (χ1v) is 8.07. The Kier molecular flexibility index (Phi) is 5.31. The lowest BCUT2D eigenvalue weighted by Crippen LogP contribution is -2.30. The molecule has 21 heavy (non-hydrogen) atoms. The number of rotatable bonds is 4. The fraction of sp³-hybridized carbons (Fsp3) is 0.333. The number of amidine groups is 1. The SMILES string of the molecule is CCCSC1=NC(c2ccccc2Cl)C(C(=O)O)=C(C)N1. The first-order chi connectivity index (χ1) is 10.0. The lowest BCUT2D eigenvalue weighted by atomic mass is 9.97. The predicted molar refractivity (Wildman–Crippen MR) is 87.8 cm³/mol. The minimum Gasteiger partial charge on any atom is -0.478 e. The van der Waals surface area contributed by atoms with E-state index in [1.807, 2.05) is 18.2 Å². The summed E-state index contributed by atoms with van der Waals surface area (Å²) in [6, 6.07) is 6.66. The highest BCUT2D eigenvalue weighted by molar-refractivity contribution is 8.13. The van der Waals surface area contributed by atoms with Crippen LogP contribution in [-0.4, -0.2) is 22.0 Å². The summed E-state index contributed by atoms with van der Waals surface area (Å²) in [4.78, 5) is 16.1. The number of carboxylic acids is 1. The van der Waals surface area contributed by atoms with Gasteiger partial charge < -0.3 is 10.4 Å². The molecule has 1 unspecified atom stereocenters. The topological polar surface area (TPSA) is 61.7 Å². The number of carboxylic acid groups (broad SMARTS) is 1. The molecule has 1 atom stereocenters. The fourth-order valence-corrected chi connectivity index (χ4v) is 3.16. The van der Waals surface area contributed by atoms with Gasteiger partial charge in [0, 0.05) is 22.0 Å². The first kappa shape index (κ1) is 15.9. The van der Waals surface area contributed by atoms with E-state index in [0.29, 0.717) is 16.3 Å². The van der Waals surface area contributed by atoms with E-state index < -0.39 is 12.0 Å². The molecule has 0 amide bonds. The van der Waals surface area contributed by atoms with Crippen LogP contribution in [0.3, 0.4) is 0 Å². The lowest BCUT2D eigenvalue weighted by Gasteiger charge is -2.25. The van der Waals surface area contributed by atoms with E-state index in [4.69, 9.17) is 11.6 Å². The number of aliphatic imine (C=N–C) groups is 1. The number of aliphatic carboxylic acids is 1. The van der Waals surface area contributed by atoms with Crippen molar-refractivity contribution in [3.05, 3.63) is 46.1 Å². The Hall–Kier alpha value is -1.46. The number of thioether (sulfide) groups is 1. The van der Waals surface area contributed by atoms with E-state index in [0.717, 1.165) is 17.3 Å². The van der Waals surface area contributed by atoms with Crippen LogP contribution in [0.5, 0.6) is 0 Å². The molecule has 1 heterocycles. The molecule has 2 N–H and O–H groups in total. The van der Waals surface area contributed by atoms with E-state index in [1.54, 1.807) is 24.8 Å². The number of benzene rings is 1. The monoisotopic (exact) mass is 324 g/mol. The summed E-state index contributed by atoms with van der Waals surface area (Å²) < 4.78 is 0. The fourth-order valence-electron chi connectivity index (χ4n) is 2.12. The zero-order chi connectivity index (χ0) is 15.4. The van der Waals surface area contributed by atoms with Crippen molar-refractivity contribution in [1.82, 2.24) is 5.32 Å². The molecule has 0 fully saturated rings. The molecule has 112 valence electrons. The van der Waals surface area contributed by atoms with E-state index in [1.165, 1.54) is 0 Å². The molecule has 6 heteroatoms. The van der Waals surface area contributed by atoms with Gasteiger partial charge in [0.05, 0.1) is 5.57 Å². The van der Waals surface area contributed by atoms with Crippen molar-refractivity contribution in [3.63, 3.8) is 0 Å². The van der Waals surface area contributed by atoms with Gasteiger partial charge in [-0.2, -0.15) is 0 Å². The number of carbonyl (C=O) groups is 1. The Morgan fingerprint density at radius 2 is 2.19 bits per heavy atom. The van der Waals surface area contributed by atoms with Gasteiger partial charge in [-0.05, 0) is 19.4 Å². The number of allylic oxidation sites excluding steroid dienone is 1. The summed E-state index contributed by atoms with van der Waals surface area (Å²) in [5.74, 6) is -0.0512. The maximum absolute atomic E-state index is 11.6. The quantitative estimate of drug-likeness (QED) is 0.883. The second kappa shape index (κ2) is 7.00. The van der Waals surface area contributed by atoms with Crippen LogP contribution in [0.1, 0.15) is 31.9 Å². The van der Waals surface area contributed by atoms with Gasteiger partial charge in [-0.1, -0.05) is 48.5 Å². The van der Waals surface area contributed by atoms with Gasteiger partial charge in [0.15, 0.2) is 5.17 Å². The number of hydrogen-bond acceptors (Lipinski definition) is 4. The molecule has 1 aromatic carbocycles. The van der Waals surface area contributed by atoms with Crippen molar-refractivity contribution in [2.45, 2.75) is 26.3 Å². The highest BCUT2D eigenvalue weighted by Crippen LogP contribution is 2.35. The molecule has 0 saturated heterocycles. The molecular formula is C15H17ClN2O2S. The molecule has 0 aromatic heterocycles. The zero-order valence-corrected chi connectivity index (χ0v) is 13.5. The molecule has 1 aromatic rings. The molecule has 1 aliphatic rings. The maximum atomic E-state index is 11.6. The normalized spacial score (nSPS) is 18.2. The van der Waals surface area contributed by atoms with Gasteiger partial charge in [0.25, 0.3) is 0 Å². The molecule has 0 spiro atoms. The van der Waals surface area contributed by atoms with Crippen LogP contribution >= 0.6 is 23.4 Å². The molecule has 0 saturated carbocycles. The number of nitrogens with zero attached hydrogens (tertiary/aromatic N) is 1. The van der Waals surface area contributed by atoms with Gasteiger partial charge in [-0.15, -0.1) is 0 Å². The van der Waals surface area contributed by atoms with E-state index in [2.05, 4.69) is 17.2 Å². The molecule has 0 bridgehead atoms. The van der Waals surface area contributed by atoms with Crippen LogP contribution in [0.25, 0.3) is 0 Å². The Morgan fingerprint density at radius 3 is 2.81 bits per heavy atom. The minimum atomic E-state index is -0.979. The molecule has 0 radical (unpaired) electrons. The molecule has 1 aliphatic heterocycles. The van der Waals surface area contributed by atoms with Crippen LogP contribution in [0.4, 0.5) is 0 Å². The molecule has 4 nitrogen and oxygen atoms in total. The smallest absolute Gasteiger partial charge is 0.335 e. The summed E-state index contributed by atoms with van der Waals surface area (Å²) in [5.41, 5.74) is 1.57. The van der Waals surface area contributed by atoms with Crippen LogP contribution in [0.15, 0.2) is 40.5 Å². The highest BCUT2D eigenvalue weighted by Gasteiger charge is 2.30. The van der Waals surface area contributed by atoms with Gasteiger partial charge in [-0.3, -0.25) is 0 Å². The Balaban J connectivity index is 2.44. The van der Waals surface area contributed by atoms with Gasteiger partial charge >= 0.3 is 5.97 Å². The summed E-state index contributed by atoms with van der Waals surface area (Å²) in [7, 11) is 0. The number of nitrogens with one attached hydrogen (secondary N) is 1. The zero-order valence-electron chi connectivity index (χ0n) is 11.9. The second-order valence-corrected chi connectivity index (χ2v) is 6.17. The van der Waals surface area contributed by atoms with E-state index >= 15 is 0 Å². The molecule has 2 rings (SSSR count). The number of hydrogen-bond donors (Lipinski definition) is 2. The Morgan fingerprint density at radius 1 is 1.48 bits per heavy atom. The highest BCUT2D eigenvalue weighted by atomic mass is 35.5. The third kappa shape index (κ3) is 3.60. The van der Waals surface area contributed by atoms with Crippen LogP contribution in [0, 0.1) is 0 Å². The minimum absolute atomic E-state index is 0.240. The molecule has 0 aliphatic carbocycles. The Bertz CT molecular complexity index is 613. The third-order valence-corrected chi connectivity index (χ3v) is 4.53. The first-order valence-electron chi connectivity index (χ1n) is 6.70. The average Bonchev–Trinajstić information content (AvgIpc) is 2.44. The van der Waals surface area contributed by atoms with Gasteiger partial charge in [0.2, 0.25) is 0 Å². The average molecular weight is 325 g/mol. The van der Waals surface area contributed by atoms with Crippen molar-refractivity contribution in [2.24, 2.45) is 4.99 Å². The number of halogens is 1. The van der Waals surface area contributed by atoms with Gasteiger partial charge in [-0.25, -0.2) is 9.79 Å². The van der Waals surface area contributed by atoms with Crippen molar-refractivity contribution in [3.8, 4) is 0 Å². The summed E-state index contributed by atoms with van der Waals surface area (Å²) in [6.07, 6.45) is 1.02. The predicted octanol–water partition coefficient (Wildman–Crippen LogP) is 3.84.